The predicted molar refractivity (Wildman–Crippen MR) is 78.3 cm³/mol. The van der Waals surface area contributed by atoms with Crippen LogP contribution in [0, 0.1) is 5.82 Å². The average molecular weight is 281 g/mol. The van der Waals surface area contributed by atoms with Crippen LogP contribution in [0.2, 0.25) is 0 Å². The maximum atomic E-state index is 14.4. The van der Waals surface area contributed by atoms with E-state index >= 15 is 0 Å². The molecule has 1 aliphatic heterocycles. The van der Waals surface area contributed by atoms with Gasteiger partial charge in [-0.25, -0.2) is 9.37 Å². The number of hydrogen-bond donors (Lipinski definition) is 2. The van der Waals surface area contributed by atoms with Crippen LogP contribution in [-0.4, -0.2) is 29.8 Å². The molecule has 0 aromatic carbocycles. The summed E-state index contributed by atoms with van der Waals surface area (Å²) >= 11 is 0. The number of nitrogens with one attached hydrogen (secondary N) is 2. The summed E-state index contributed by atoms with van der Waals surface area (Å²) in [6.07, 6.45) is 3.64. The average Bonchev–Trinajstić information content (AvgIpc) is 2.40. The van der Waals surface area contributed by atoms with Crippen LogP contribution in [0.5, 0.6) is 0 Å². The molecule has 1 saturated heterocycles. The van der Waals surface area contributed by atoms with Crippen molar-refractivity contribution in [2.24, 2.45) is 0 Å². The van der Waals surface area contributed by atoms with E-state index in [1.807, 2.05) is 0 Å². The highest BCUT2D eigenvalue weighted by Gasteiger charge is 2.18. The molecule has 0 amide bonds. The van der Waals surface area contributed by atoms with E-state index in [0.717, 1.165) is 19.4 Å². The van der Waals surface area contributed by atoms with Crippen molar-refractivity contribution in [1.29, 1.82) is 0 Å². The molecule has 1 atom stereocenters. The molecule has 1 aromatic rings. The second-order valence-corrected chi connectivity index (χ2v) is 6.29. The summed E-state index contributed by atoms with van der Waals surface area (Å²) in [7, 11) is 0. The lowest BCUT2D eigenvalue weighted by molar-refractivity contribution is 0.0874. The minimum absolute atomic E-state index is 0.0412. The number of anilines is 1. The zero-order valence-corrected chi connectivity index (χ0v) is 12.5. The zero-order chi connectivity index (χ0) is 14.6. The Bertz CT molecular complexity index is 439. The number of ether oxygens (including phenoxy) is 1. The van der Waals surface area contributed by atoms with Crippen LogP contribution in [0.4, 0.5) is 10.2 Å². The van der Waals surface area contributed by atoms with Gasteiger partial charge in [-0.1, -0.05) is 0 Å². The van der Waals surface area contributed by atoms with Gasteiger partial charge in [-0.15, -0.1) is 0 Å². The Labute approximate surface area is 120 Å². The van der Waals surface area contributed by atoms with E-state index in [9.17, 15) is 4.39 Å². The number of aromatic nitrogens is 1. The number of pyridine rings is 1. The SMILES string of the molecule is CC(C)(C)NCc1ccnc(NC2CCCOC2)c1F. The van der Waals surface area contributed by atoms with Crippen LogP contribution in [0.1, 0.15) is 39.2 Å². The van der Waals surface area contributed by atoms with Crippen molar-refractivity contribution >= 4 is 5.82 Å². The second-order valence-electron chi connectivity index (χ2n) is 6.29. The summed E-state index contributed by atoms with van der Waals surface area (Å²) in [6.45, 7) is 8.09. The molecule has 2 rings (SSSR count). The maximum Gasteiger partial charge on any atom is 0.169 e. The second kappa shape index (κ2) is 6.50. The molecule has 1 aliphatic rings. The van der Waals surface area contributed by atoms with E-state index in [1.54, 1.807) is 12.3 Å². The summed E-state index contributed by atoms with van der Waals surface area (Å²) in [6, 6.07) is 1.87. The first-order valence-corrected chi connectivity index (χ1v) is 7.18. The lowest BCUT2D eigenvalue weighted by Crippen LogP contribution is -2.35. The largest absolute Gasteiger partial charge is 0.379 e. The molecule has 2 N–H and O–H groups in total. The summed E-state index contributed by atoms with van der Waals surface area (Å²) < 4.78 is 19.8. The van der Waals surface area contributed by atoms with E-state index in [0.29, 0.717) is 24.5 Å². The van der Waals surface area contributed by atoms with Crippen LogP contribution in [0.3, 0.4) is 0 Å². The molecule has 112 valence electrons. The van der Waals surface area contributed by atoms with Crippen LogP contribution in [-0.2, 0) is 11.3 Å². The van der Waals surface area contributed by atoms with Crippen molar-refractivity contribution < 1.29 is 9.13 Å². The van der Waals surface area contributed by atoms with Gasteiger partial charge < -0.3 is 15.4 Å². The fourth-order valence-corrected chi connectivity index (χ4v) is 2.13. The molecule has 1 unspecified atom stereocenters. The van der Waals surface area contributed by atoms with Gasteiger partial charge in [0, 0.05) is 30.5 Å². The third-order valence-electron chi connectivity index (χ3n) is 3.28. The molecule has 0 saturated carbocycles. The highest BCUT2D eigenvalue weighted by molar-refractivity contribution is 5.41. The predicted octanol–water partition coefficient (Wildman–Crippen LogP) is 2.70. The van der Waals surface area contributed by atoms with Gasteiger partial charge in [0.25, 0.3) is 0 Å². The van der Waals surface area contributed by atoms with Crippen LogP contribution >= 0.6 is 0 Å². The highest BCUT2D eigenvalue weighted by atomic mass is 19.1. The number of halogens is 1. The molecule has 1 aromatic heterocycles. The van der Waals surface area contributed by atoms with Crippen LogP contribution < -0.4 is 10.6 Å². The first kappa shape index (κ1) is 15.2. The standard InChI is InChI=1S/C15H24FN3O/c1-15(2,3)18-9-11-6-7-17-14(13(11)16)19-12-5-4-8-20-10-12/h6-7,12,18H,4-5,8-10H2,1-3H3,(H,17,19). The molecule has 0 radical (unpaired) electrons. The fraction of sp³-hybridized carbons (Fsp3) is 0.667. The molecule has 0 bridgehead atoms. The molecule has 2 heterocycles. The van der Waals surface area contributed by atoms with Gasteiger partial charge in [-0.3, -0.25) is 0 Å². The Morgan fingerprint density at radius 2 is 2.25 bits per heavy atom. The smallest absolute Gasteiger partial charge is 0.169 e. The third kappa shape index (κ3) is 4.42. The Morgan fingerprint density at radius 3 is 2.90 bits per heavy atom. The molecule has 20 heavy (non-hydrogen) atoms. The fourth-order valence-electron chi connectivity index (χ4n) is 2.13. The topological polar surface area (TPSA) is 46.2 Å². The van der Waals surface area contributed by atoms with Gasteiger partial charge in [-0.2, -0.15) is 0 Å². The van der Waals surface area contributed by atoms with Gasteiger partial charge in [0.15, 0.2) is 11.6 Å². The minimum atomic E-state index is -0.269. The van der Waals surface area contributed by atoms with Crippen molar-refractivity contribution in [3.05, 3.63) is 23.6 Å². The molecular weight excluding hydrogens is 257 g/mol. The van der Waals surface area contributed by atoms with Crippen molar-refractivity contribution in [3.8, 4) is 0 Å². The number of hydrogen-bond acceptors (Lipinski definition) is 4. The zero-order valence-electron chi connectivity index (χ0n) is 12.5. The van der Waals surface area contributed by atoms with E-state index in [-0.39, 0.29) is 17.4 Å². The summed E-state index contributed by atoms with van der Waals surface area (Å²) in [5.74, 6) is 0.0588. The Balaban J connectivity index is 2.02. The van der Waals surface area contributed by atoms with E-state index in [4.69, 9.17) is 4.74 Å². The summed E-state index contributed by atoms with van der Waals surface area (Å²) in [5, 5.41) is 6.44. The molecule has 0 aliphatic carbocycles. The Kier molecular flexibility index (Phi) is 4.94. The molecule has 4 nitrogen and oxygen atoms in total. The van der Waals surface area contributed by atoms with Crippen molar-refractivity contribution in [2.45, 2.75) is 51.7 Å². The van der Waals surface area contributed by atoms with Gasteiger partial charge in [0.1, 0.15) is 0 Å². The van der Waals surface area contributed by atoms with E-state index in [2.05, 4.69) is 36.4 Å². The molecule has 5 heteroatoms. The quantitative estimate of drug-likeness (QED) is 0.891. The van der Waals surface area contributed by atoms with Crippen molar-refractivity contribution in [1.82, 2.24) is 10.3 Å². The lowest BCUT2D eigenvalue weighted by Gasteiger charge is -2.24. The number of nitrogens with zero attached hydrogens (tertiary/aromatic N) is 1. The molecule has 1 fully saturated rings. The molecular formula is C15H24FN3O. The van der Waals surface area contributed by atoms with Gasteiger partial charge >= 0.3 is 0 Å². The van der Waals surface area contributed by atoms with Crippen molar-refractivity contribution in [3.63, 3.8) is 0 Å². The van der Waals surface area contributed by atoms with Crippen LogP contribution in [0.25, 0.3) is 0 Å². The maximum absolute atomic E-state index is 14.4. The first-order chi connectivity index (χ1) is 9.46. The molecule has 0 spiro atoms. The lowest BCUT2D eigenvalue weighted by atomic mass is 10.1. The van der Waals surface area contributed by atoms with E-state index in [1.165, 1.54) is 0 Å². The highest BCUT2D eigenvalue weighted by Crippen LogP contribution is 2.19. The van der Waals surface area contributed by atoms with Gasteiger partial charge in [0.2, 0.25) is 0 Å². The first-order valence-electron chi connectivity index (χ1n) is 7.18. The van der Waals surface area contributed by atoms with Gasteiger partial charge in [0.05, 0.1) is 12.6 Å². The normalized spacial score (nSPS) is 19.9. The summed E-state index contributed by atoms with van der Waals surface area (Å²) in [5.41, 5.74) is 0.592. The monoisotopic (exact) mass is 281 g/mol. The minimum Gasteiger partial charge on any atom is -0.379 e. The summed E-state index contributed by atoms with van der Waals surface area (Å²) in [4.78, 5) is 4.11. The Hall–Kier alpha value is -1.20. The van der Waals surface area contributed by atoms with Crippen molar-refractivity contribution in [2.75, 3.05) is 18.5 Å². The van der Waals surface area contributed by atoms with Gasteiger partial charge in [-0.05, 0) is 39.7 Å². The number of rotatable bonds is 4. The third-order valence-corrected chi connectivity index (χ3v) is 3.28. The van der Waals surface area contributed by atoms with E-state index < -0.39 is 0 Å². The van der Waals surface area contributed by atoms with Crippen LogP contribution in [0.15, 0.2) is 12.3 Å². The Morgan fingerprint density at radius 1 is 1.45 bits per heavy atom.